The second kappa shape index (κ2) is 8.04. The number of aromatic nitrogens is 3. The molecule has 4 rings (SSSR count). The molecule has 0 saturated heterocycles. The van der Waals surface area contributed by atoms with Crippen molar-refractivity contribution in [3.05, 3.63) is 93.4 Å². The van der Waals surface area contributed by atoms with Gasteiger partial charge in [0.15, 0.2) is 0 Å². The van der Waals surface area contributed by atoms with Crippen LogP contribution in [0, 0.1) is 0 Å². The zero-order valence-electron chi connectivity index (χ0n) is 16.1. The number of hydrogen-bond acceptors (Lipinski definition) is 5. The second-order valence-corrected chi connectivity index (χ2v) is 6.50. The number of hydrogen-bond donors (Lipinski definition) is 2. The number of nitrogens with zero attached hydrogens (tertiary/aromatic N) is 2. The summed E-state index contributed by atoms with van der Waals surface area (Å²) in [6, 6.07) is 15.0. The molecule has 0 aliphatic heterocycles. The molecule has 0 atom stereocenters. The van der Waals surface area contributed by atoms with E-state index in [9.17, 15) is 14.4 Å². The van der Waals surface area contributed by atoms with Gasteiger partial charge in [0.25, 0.3) is 11.5 Å². The fraction of sp³-hybridized carbons (Fsp3) is 0.0909. The molecule has 0 fully saturated rings. The first-order valence-corrected chi connectivity index (χ1v) is 9.31. The van der Waals surface area contributed by atoms with Gasteiger partial charge in [-0.2, -0.15) is 0 Å². The molecule has 0 bridgehead atoms. The number of carbonyl (C=O) groups is 1. The van der Waals surface area contributed by atoms with Gasteiger partial charge in [-0.3, -0.25) is 19.1 Å². The van der Waals surface area contributed by atoms with Gasteiger partial charge in [0.2, 0.25) is 0 Å². The van der Waals surface area contributed by atoms with Gasteiger partial charge in [-0.05, 0) is 61.5 Å². The first-order valence-electron chi connectivity index (χ1n) is 9.31. The van der Waals surface area contributed by atoms with Crippen LogP contribution < -0.4 is 21.3 Å². The van der Waals surface area contributed by atoms with Crippen LogP contribution in [0.1, 0.15) is 17.3 Å². The molecule has 2 heterocycles. The van der Waals surface area contributed by atoms with E-state index < -0.39 is 5.69 Å². The lowest BCUT2D eigenvalue weighted by Crippen LogP contribution is -2.34. The predicted octanol–water partition coefficient (Wildman–Crippen LogP) is 3.15. The third-order valence-corrected chi connectivity index (χ3v) is 4.56. The highest BCUT2D eigenvalue weighted by Crippen LogP contribution is 2.22. The molecule has 0 aliphatic rings. The normalized spacial score (nSPS) is 10.7. The van der Waals surface area contributed by atoms with E-state index in [0.29, 0.717) is 33.7 Å². The standard InChI is InChI=1S/C22H18N4O4/c1-2-26-21(28)18-8-3-14(13-19(18)25-22(26)29)20(27)24-15-4-6-16(7-5-15)30-17-9-11-23-12-10-17/h3-13H,2H2,1H3,(H,24,27)(H,25,29). The number of H-pyrrole nitrogens is 1. The monoisotopic (exact) mass is 402 g/mol. The Morgan fingerprint density at radius 1 is 1.03 bits per heavy atom. The minimum Gasteiger partial charge on any atom is -0.457 e. The Balaban J connectivity index is 1.53. The van der Waals surface area contributed by atoms with Crippen LogP contribution in [-0.4, -0.2) is 20.4 Å². The maximum atomic E-state index is 12.6. The summed E-state index contributed by atoms with van der Waals surface area (Å²) in [5.74, 6) is 0.920. The highest BCUT2D eigenvalue weighted by atomic mass is 16.5. The van der Waals surface area contributed by atoms with Gasteiger partial charge < -0.3 is 15.0 Å². The van der Waals surface area contributed by atoms with E-state index in [1.54, 1.807) is 67.8 Å². The van der Waals surface area contributed by atoms with Crippen LogP contribution >= 0.6 is 0 Å². The third kappa shape index (κ3) is 3.83. The Labute approximate surface area is 170 Å². The lowest BCUT2D eigenvalue weighted by Gasteiger charge is -2.09. The van der Waals surface area contributed by atoms with Crippen molar-refractivity contribution >= 4 is 22.5 Å². The maximum Gasteiger partial charge on any atom is 0.328 e. The Morgan fingerprint density at radius 2 is 1.73 bits per heavy atom. The number of ether oxygens (including phenoxy) is 1. The van der Waals surface area contributed by atoms with Crippen molar-refractivity contribution in [3.63, 3.8) is 0 Å². The highest BCUT2D eigenvalue weighted by molar-refractivity contribution is 6.06. The van der Waals surface area contributed by atoms with Gasteiger partial charge >= 0.3 is 5.69 Å². The fourth-order valence-corrected chi connectivity index (χ4v) is 3.03. The number of amides is 1. The number of fused-ring (bicyclic) bond motifs is 1. The Morgan fingerprint density at radius 3 is 2.43 bits per heavy atom. The molecule has 30 heavy (non-hydrogen) atoms. The van der Waals surface area contributed by atoms with Crippen molar-refractivity contribution in [2.24, 2.45) is 0 Å². The molecular weight excluding hydrogens is 384 g/mol. The summed E-state index contributed by atoms with van der Waals surface area (Å²) in [5, 5.41) is 3.14. The lowest BCUT2D eigenvalue weighted by molar-refractivity contribution is 0.102. The first kappa shape index (κ1) is 19.1. The average Bonchev–Trinajstić information content (AvgIpc) is 2.76. The van der Waals surface area contributed by atoms with Gasteiger partial charge in [0.05, 0.1) is 10.9 Å². The van der Waals surface area contributed by atoms with Crippen LogP contribution in [0.15, 0.2) is 76.6 Å². The van der Waals surface area contributed by atoms with Crippen molar-refractivity contribution < 1.29 is 9.53 Å². The van der Waals surface area contributed by atoms with E-state index >= 15 is 0 Å². The molecule has 0 unspecified atom stereocenters. The molecule has 2 aromatic carbocycles. The SMILES string of the molecule is CCn1c(=O)[nH]c2cc(C(=O)Nc3ccc(Oc4ccncc4)cc3)ccc2c1=O. The summed E-state index contributed by atoms with van der Waals surface area (Å²) in [6.45, 7) is 1.99. The summed E-state index contributed by atoms with van der Waals surface area (Å²) in [6.07, 6.45) is 3.27. The molecule has 4 aromatic rings. The number of rotatable bonds is 5. The van der Waals surface area contributed by atoms with Crippen LogP contribution in [0.5, 0.6) is 11.5 Å². The highest BCUT2D eigenvalue weighted by Gasteiger charge is 2.11. The number of pyridine rings is 1. The first-order chi connectivity index (χ1) is 14.5. The molecule has 0 spiro atoms. The minimum absolute atomic E-state index is 0.271. The van der Waals surface area contributed by atoms with Crippen LogP contribution in [0.4, 0.5) is 5.69 Å². The van der Waals surface area contributed by atoms with E-state index in [1.807, 2.05) is 0 Å². The van der Waals surface area contributed by atoms with Gasteiger partial charge in [0, 0.05) is 30.2 Å². The molecular formula is C22H18N4O4. The van der Waals surface area contributed by atoms with Gasteiger partial charge in [-0.15, -0.1) is 0 Å². The van der Waals surface area contributed by atoms with E-state index in [2.05, 4.69) is 15.3 Å². The number of benzene rings is 2. The summed E-state index contributed by atoms with van der Waals surface area (Å²) < 4.78 is 6.80. The smallest absolute Gasteiger partial charge is 0.328 e. The molecule has 0 radical (unpaired) electrons. The molecule has 0 aliphatic carbocycles. The van der Waals surface area contributed by atoms with E-state index in [0.717, 1.165) is 4.57 Å². The molecule has 2 aromatic heterocycles. The van der Waals surface area contributed by atoms with Gasteiger partial charge in [-0.1, -0.05) is 0 Å². The molecule has 2 N–H and O–H groups in total. The second-order valence-electron chi connectivity index (χ2n) is 6.50. The van der Waals surface area contributed by atoms with Crippen LogP contribution in [0.2, 0.25) is 0 Å². The molecule has 150 valence electrons. The van der Waals surface area contributed by atoms with E-state index in [-0.39, 0.29) is 18.0 Å². The summed E-state index contributed by atoms with van der Waals surface area (Å²) >= 11 is 0. The van der Waals surface area contributed by atoms with Crippen molar-refractivity contribution in [1.29, 1.82) is 0 Å². The van der Waals surface area contributed by atoms with Crippen LogP contribution in [0.25, 0.3) is 10.9 Å². The lowest BCUT2D eigenvalue weighted by atomic mass is 10.1. The van der Waals surface area contributed by atoms with Crippen molar-refractivity contribution in [1.82, 2.24) is 14.5 Å². The Bertz CT molecular complexity index is 1330. The zero-order chi connectivity index (χ0) is 21.1. The molecule has 0 saturated carbocycles. The quantitative estimate of drug-likeness (QED) is 0.533. The predicted molar refractivity (Wildman–Crippen MR) is 113 cm³/mol. The third-order valence-electron chi connectivity index (χ3n) is 4.56. The largest absolute Gasteiger partial charge is 0.457 e. The number of anilines is 1. The minimum atomic E-state index is -0.502. The average molecular weight is 402 g/mol. The topological polar surface area (TPSA) is 106 Å². The Kier molecular flexibility index (Phi) is 5.13. The van der Waals surface area contributed by atoms with Crippen molar-refractivity contribution in [2.45, 2.75) is 13.5 Å². The van der Waals surface area contributed by atoms with E-state index in [4.69, 9.17) is 4.74 Å². The number of aromatic amines is 1. The van der Waals surface area contributed by atoms with Gasteiger partial charge in [0.1, 0.15) is 11.5 Å². The number of nitrogens with one attached hydrogen (secondary N) is 2. The summed E-state index contributed by atoms with van der Waals surface area (Å²) in [4.78, 5) is 43.5. The summed E-state index contributed by atoms with van der Waals surface area (Å²) in [7, 11) is 0. The molecule has 8 nitrogen and oxygen atoms in total. The van der Waals surface area contributed by atoms with Crippen molar-refractivity contribution in [2.75, 3.05) is 5.32 Å². The summed E-state index contributed by atoms with van der Waals surface area (Å²) in [5.41, 5.74) is 0.342. The maximum absolute atomic E-state index is 12.6. The Hall–Kier alpha value is -4.20. The van der Waals surface area contributed by atoms with E-state index in [1.165, 1.54) is 6.07 Å². The fourth-order valence-electron chi connectivity index (χ4n) is 3.03. The molecule has 8 heteroatoms. The van der Waals surface area contributed by atoms with Crippen molar-refractivity contribution in [3.8, 4) is 11.5 Å². The molecule has 1 amide bonds. The van der Waals surface area contributed by atoms with Gasteiger partial charge in [-0.25, -0.2) is 4.79 Å². The number of carbonyl (C=O) groups excluding carboxylic acids is 1. The zero-order valence-corrected chi connectivity index (χ0v) is 16.1. The van der Waals surface area contributed by atoms with Crippen LogP contribution in [-0.2, 0) is 6.54 Å². The van der Waals surface area contributed by atoms with Crippen LogP contribution in [0.3, 0.4) is 0 Å².